The highest BCUT2D eigenvalue weighted by atomic mass is 16.5. The van der Waals surface area contributed by atoms with E-state index in [1.165, 1.54) is 0 Å². The molecule has 0 aliphatic heterocycles. The normalized spacial score (nSPS) is 9.33. The molecule has 0 spiro atoms. The number of hydrogen-bond acceptors (Lipinski definition) is 2. The zero-order valence-electron chi connectivity index (χ0n) is 10.5. The zero-order valence-corrected chi connectivity index (χ0v) is 10.5. The Morgan fingerprint density at radius 1 is 1.33 bits per heavy atom. The minimum atomic E-state index is -0.133. The Morgan fingerprint density at radius 3 is 2.67 bits per heavy atom. The summed E-state index contributed by atoms with van der Waals surface area (Å²) < 4.78 is 5.27. The van der Waals surface area contributed by atoms with Crippen molar-refractivity contribution in [1.82, 2.24) is 10.6 Å². The van der Waals surface area contributed by atoms with Crippen LogP contribution in [0.15, 0.2) is 24.3 Å². The van der Waals surface area contributed by atoms with Gasteiger partial charge in [-0.05, 0) is 31.0 Å². The Kier molecular flexibility index (Phi) is 6.20. The van der Waals surface area contributed by atoms with Gasteiger partial charge >= 0.3 is 6.03 Å². The van der Waals surface area contributed by atoms with Crippen LogP contribution in [0.5, 0.6) is 5.75 Å². The number of carbonyl (C=O) groups excluding carboxylic acids is 1. The molecule has 0 aromatic heterocycles. The van der Waals surface area contributed by atoms with Gasteiger partial charge in [-0.2, -0.15) is 0 Å². The van der Waals surface area contributed by atoms with Crippen LogP contribution in [0, 0.1) is 12.3 Å². The predicted octanol–water partition coefficient (Wildman–Crippen LogP) is 1.56. The van der Waals surface area contributed by atoms with Crippen LogP contribution < -0.4 is 15.4 Å². The standard InChI is InChI=1S/C14H18N2O2/c1-3-11-18-13-7-5-12(6-8-13)9-10-16-14(17)15-4-2/h1,5-8H,4,9-11H2,2H3,(H2,15,16,17). The van der Waals surface area contributed by atoms with Crippen LogP contribution in [0.2, 0.25) is 0 Å². The highest BCUT2D eigenvalue weighted by Gasteiger charge is 1.98. The number of carbonyl (C=O) groups is 1. The molecule has 2 amide bonds. The molecule has 0 saturated carbocycles. The van der Waals surface area contributed by atoms with Gasteiger partial charge in [0, 0.05) is 13.1 Å². The lowest BCUT2D eigenvalue weighted by molar-refractivity contribution is 0.241. The van der Waals surface area contributed by atoms with E-state index in [1.54, 1.807) is 0 Å². The zero-order chi connectivity index (χ0) is 13.2. The van der Waals surface area contributed by atoms with Crippen molar-refractivity contribution < 1.29 is 9.53 Å². The Labute approximate surface area is 108 Å². The molecule has 0 fully saturated rings. The first kappa shape index (κ1) is 13.9. The van der Waals surface area contributed by atoms with Crippen LogP contribution in [-0.4, -0.2) is 25.7 Å². The summed E-state index contributed by atoms with van der Waals surface area (Å²) in [5.41, 5.74) is 1.14. The first-order valence-corrected chi connectivity index (χ1v) is 5.93. The van der Waals surface area contributed by atoms with Crippen molar-refractivity contribution in [3.05, 3.63) is 29.8 Å². The predicted molar refractivity (Wildman–Crippen MR) is 71.5 cm³/mol. The molecule has 0 unspecified atom stereocenters. The maximum atomic E-state index is 11.1. The smallest absolute Gasteiger partial charge is 0.314 e. The van der Waals surface area contributed by atoms with Gasteiger partial charge in [-0.3, -0.25) is 0 Å². The summed E-state index contributed by atoms with van der Waals surface area (Å²) in [7, 11) is 0. The topological polar surface area (TPSA) is 50.4 Å². The monoisotopic (exact) mass is 246 g/mol. The highest BCUT2D eigenvalue weighted by Crippen LogP contribution is 2.12. The maximum Gasteiger partial charge on any atom is 0.314 e. The Bertz CT molecular complexity index is 407. The number of benzene rings is 1. The summed E-state index contributed by atoms with van der Waals surface area (Å²) in [6.45, 7) is 3.40. The molecule has 2 N–H and O–H groups in total. The van der Waals surface area contributed by atoms with Gasteiger partial charge in [0.2, 0.25) is 0 Å². The van der Waals surface area contributed by atoms with E-state index in [-0.39, 0.29) is 12.6 Å². The first-order valence-electron chi connectivity index (χ1n) is 5.93. The van der Waals surface area contributed by atoms with E-state index in [0.29, 0.717) is 13.1 Å². The molecule has 1 aromatic rings. The van der Waals surface area contributed by atoms with Crippen LogP contribution in [0.3, 0.4) is 0 Å². The van der Waals surface area contributed by atoms with Crippen LogP contribution in [0.1, 0.15) is 12.5 Å². The minimum absolute atomic E-state index is 0.133. The third-order valence-corrected chi connectivity index (χ3v) is 2.28. The Hall–Kier alpha value is -2.15. The molecular formula is C14H18N2O2. The van der Waals surface area contributed by atoms with Crippen LogP contribution in [0.25, 0.3) is 0 Å². The van der Waals surface area contributed by atoms with Gasteiger partial charge in [0.25, 0.3) is 0 Å². The van der Waals surface area contributed by atoms with Gasteiger partial charge in [0.15, 0.2) is 0 Å². The first-order chi connectivity index (χ1) is 8.76. The second kappa shape index (κ2) is 8.02. The third kappa shape index (κ3) is 5.26. The quantitative estimate of drug-likeness (QED) is 0.748. The lowest BCUT2D eigenvalue weighted by Gasteiger charge is -2.07. The molecule has 0 bridgehead atoms. The summed E-state index contributed by atoms with van der Waals surface area (Å²) in [5, 5.41) is 5.45. The average Bonchev–Trinajstić information content (AvgIpc) is 2.38. The molecule has 4 heteroatoms. The van der Waals surface area contributed by atoms with Gasteiger partial charge < -0.3 is 15.4 Å². The summed E-state index contributed by atoms with van der Waals surface area (Å²) in [5.74, 6) is 3.17. The van der Waals surface area contributed by atoms with Crippen molar-refractivity contribution in [2.75, 3.05) is 19.7 Å². The SMILES string of the molecule is C#CCOc1ccc(CCNC(=O)NCC)cc1. The minimum Gasteiger partial charge on any atom is -0.481 e. The third-order valence-electron chi connectivity index (χ3n) is 2.28. The maximum absolute atomic E-state index is 11.1. The summed E-state index contributed by atoms with van der Waals surface area (Å²) >= 11 is 0. The average molecular weight is 246 g/mol. The second-order valence-corrected chi connectivity index (χ2v) is 3.67. The number of ether oxygens (including phenoxy) is 1. The Morgan fingerprint density at radius 2 is 2.06 bits per heavy atom. The van der Waals surface area contributed by atoms with E-state index in [1.807, 2.05) is 31.2 Å². The van der Waals surface area contributed by atoms with E-state index in [9.17, 15) is 4.79 Å². The molecular weight excluding hydrogens is 228 g/mol. The van der Waals surface area contributed by atoms with Crippen LogP contribution >= 0.6 is 0 Å². The summed E-state index contributed by atoms with van der Waals surface area (Å²) in [4.78, 5) is 11.1. The van der Waals surface area contributed by atoms with Crippen molar-refractivity contribution in [3.63, 3.8) is 0 Å². The van der Waals surface area contributed by atoms with E-state index in [0.717, 1.165) is 17.7 Å². The number of hydrogen-bond donors (Lipinski definition) is 2. The van der Waals surface area contributed by atoms with Crippen molar-refractivity contribution in [3.8, 4) is 18.1 Å². The Balaban J connectivity index is 2.31. The fourth-order valence-corrected chi connectivity index (χ4v) is 1.42. The lowest BCUT2D eigenvalue weighted by atomic mass is 10.1. The molecule has 0 heterocycles. The fourth-order valence-electron chi connectivity index (χ4n) is 1.42. The van der Waals surface area contributed by atoms with Crippen molar-refractivity contribution in [2.45, 2.75) is 13.3 Å². The van der Waals surface area contributed by atoms with Crippen molar-refractivity contribution in [2.24, 2.45) is 0 Å². The molecule has 18 heavy (non-hydrogen) atoms. The van der Waals surface area contributed by atoms with Crippen molar-refractivity contribution >= 4 is 6.03 Å². The molecule has 0 saturated heterocycles. The van der Waals surface area contributed by atoms with E-state index < -0.39 is 0 Å². The number of rotatable bonds is 6. The molecule has 1 aromatic carbocycles. The second-order valence-electron chi connectivity index (χ2n) is 3.67. The molecule has 0 radical (unpaired) electrons. The molecule has 4 nitrogen and oxygen atoms in total. The number of nitrogens with one attached hydrogen (secondary N) is 2. The van der Waals surface area contributed by atoms with Gasteiger partial charge in [0.05, 0.1) is 0 Å². The van der Waals surface area contributed by atoms with Gasteiger partial charge in [-0.25, -0.2) is 4.79 Å². The van der Waals surface area contributed by atoms with E-state index >= 15 is 0 Å². The molecule has 0 aliphatic carbocycles. The van der Waals surface area contributed by atoms with Gasteiger partial charge in [-0.1, -0.05) is 18.1 Å². The highest BCUT2D eigenvalue weighted by molar-refractivity contribution is 5.73. The molecule has 96 valence electrons. The molecule has 0 atom stereocenters. The van der Waals surface area contributed by atoms with E-state index in [4.69, 9.17) is 11.2 Å². The largest absolute Gasteiger partial charge is 0.481 e. The summed E-state index contributed by atoms with van der Waals surface area (Å²) in [6.07, 6.45) is 5.89. The fraction of sp³-hybridized carbons (Fsp3) is 0.357. The molecule has 0 aliphatic rings. The van der Waals surface area contributed by atoms with Gasteiger partial charge in [-0.15, -0.1) is 6.42 Å². The number of amides is 2. The lowest BCUT2D eigenvalue weighted by Crippen LogP contribution is -2.36. The number of urea groups is 1. The molecule has 1 rings (SSSR count). The van der Waals surface area contributed by atoms with E-state index in [2.05, 4.69) is 16.6 Å². The summed E-state index contributed by atoms with van der Waals surface area (Å²) in [6, 6.07) is 7.54. The van der Waals surface area contributed by atoms with Crippen molar-refractivity contribution in [1.29, 1.82) is 0 Å². The van der Waals surface area contributed by atoms with Crippen LogP contribution in [0.4, 0.5) is 4.79 Å². The van der Waals surface area contributed by atoms with Gasteiger partial charge in [0.1, 0.15) is 12.4 Å². The van der Waals surface area contributed by atoms with Crippen LogP contribution in [-0.2, 0) is 6.42 Å². The number of terminal acetylenes is 1.